The van der Waals surface area contributed by atoms with Crippen LogP contribution in [0.5, 0.6) is 0 Å². The Labute approximate surface area is 144 Å². The summed E-state index contributed by atoms with van der Waals surface area (Å²) in [5.74, 6) is 1.04. The molecule has 138 valence electrons. The molecule has 0 aromatic carbocycles. The van der Waals surface area contributed by atoms with Gasteiger partial charge in [0.25, 0.3) is 0 Å². The molecule has 2 aliphatic heterocycles. The first-order valence-electron chi connectivity index (χ1n) is 8.71. The van der Waals surface area contributed by atoms with Crippen LogP contribution in [-0.2, 0) is 14.8 Å². The molecule has 0 aromatic rings. The van der Waals surface area contributed by atoms with Crippen molar-refractivity contribution in [1.82, 2.24) is 14.5 Å². The van der Waals surface area contributed by atoms with Gasteiger partial charge in [0.1, 0.15) is 0 Å². The smallest absolute Gasteiger partial charge is 0.217 e. The van der Waals surface area contributed by atoms with Gasteiger partial charge in [0.2, 0.25) is 15.9 Å². The Hall–Kier alpha value is -1.35. The lowest BCUT2D eigenvalue weighted by molar-refractivity contribution is -0.119. The van der Waals surface area contributed by atoms with Crippen LogP contribution in [0.3, 0.4) is 0 Å². The van der Waals surface area contributed by atoms with Crippen LogP contribution < -0.4 is 11.1 Å². The third kappa shape index (κ3) is 5.34. The number of guanidine groups is 1. The topological polar surface area (TPSA) is 108 Å². The summed E-state index contributed by atoms with van der Waals surface area (Å²) in [4.78, 5) is 17.9. The van der Waals surface area contributed by atoms with E-state index in [9.17, 15) is 13.2 Å². The molecule has 8 nitrogen and oxygen atoms in total. The van der Waals surface area contributed by atoms with Crippen molar-refractivity contribution in [3.8, 4) is 0 Å². The minimum Gasteiger partial charge on any atom is -0.370 e. The number of nitrogens with one attached hydrogen (secondary N) is 1. The number of nitrogens with two attached hydrogens (primary N) is 1. The van der Waals surface area contributed by atoms with Crippen LogP contribution in [-0.4, -0.2) is 74.5 Å². The third-order valence-corrected chi connectivity index (χ3v) is 6.41. The van der Waals surface area contributed by atoms with Crippen molar-refractivity contribution in [2.45, 2.75) is 32.6 Å². The molecule has 2 fully saturated rings. The van der Waals surface area contributed by atoms with Crippen molar-refractivity contribution < 1.29 is 13.2 Å². The maximum absolute atomic E-state index is 11.8. The maximum atomic E-state index is 11.8. The highest BCUT2D eigenvalue weighted by molar-refractivity contribution is 7.89. The van der Waals surface area contributed by atoms with Gasteiger partial charge in [0.15, 0.2) is 5.96 Å². The highest BCUT2D eigenvalue weighted by Gasteiger charge is 2.28. The first kappa shape index (κ1) is 19.0. The quantitative estimate of drug-likeness (QED) is 0.494. The van der Waals surface area contributed by atoms with E-state index in [2.05, 4.69) is 15.2 Å². The molecule has 1 unspecified atom stereocenters. The normalized spacial score (nSPS) is 25.0. The van der Waals surface area contributed by atoms with Gasteiger partial charge in [-0.15, -0.1) is 0 Å². The number of piperidine rings is 1. The number of hydrogen-bond acceptors (Lipinski definition) is 4. The summed E-state index contributed by atoms with van der Waals surface area (Å²) in [5.41, 5.74) is 5.31. The van der Waals surface area contributed by atoms with Gasteiger partial charge >= 0.3 is 0 Å². The van der Waals surface area contributed by atoms with E-state index in [1.165, 1.54) is 4.31 Å². The van der Waals surface area contributed by atoms with Crippen LogP contribution >= 0.6 is 0 Å². The summed E-state index contributed by atoms with van der Waals surface area (Å²) in [6, 6.07) is 0. The predicted octanol–water partition coefficient (Wildman–Crippen LogP) is -0.425. The second-order valence-corrected chi connectivity index (χ2v) is 8.52. The van der Waals surface area contributed by atoms with E-state index < -0.39 is 10.0 Å². The zero-order valence-corrected chi connectivity index (χ0v) is 15.2. The summed E-state index contributed by atoms with van der Waals surface area (Å²) in [6.45, 7) is 5.87. The molecule has 2 aliphatic rings. The number of nitrogens with zero attached hydrogens (tertiary/aromatic N) is 3. The van der Waals surface area contributed by atoms with Crippen molar-refractivity contribution in [1.29, 1.82) is 0 Å². The molecule has 0 aliphatic carbocycles. The molecule has 0 saturated carbocycles. The number of likely N-dealkylation sites (tertiary alicyclic amines) is 1. The van der Waals surface area contributed by atoms with Crippen LogP contribution in [0.15, 0.2) is 4.99 Å². The zero-order chi connectivity index (χ0) is 17.6. The summed E-state index contributed by atoms with van der Waals surface area (Å²) in [6.07, 6.45) is 3.11. The molecule has 2 rings (SSSR count). The SMILES string of the molecule is CCNC(=NCCN1CCCS1(=O)=O)N1CCCC(CC(N)=O)C1. The molecule has 0 bridgehead atoms. The Balaban J connectivity index is 1.93. The molecule has 2 heterocycles. The van der Waals surface area contributed by atoms with Crippen molar-refractivity contribution >= 4 is 21.9 Å². The lowest BCUT2D eigenvalue weighted by Gasteiger charge is -2.34. The van der Waals surface area contributed by atoms with Gasteiger partial charge in [-0.25, -0.2) is 12.7 Å². The van der Waals surface area contributed by atoms with E-state index in [-0.39, 0.29) is 17.6 Å². The Morgan fingerprint density at radius 2 is 2.12 bits per heavy atom. The largest absolute Gasteiger partial charge is 0.370 e. The molecule has 2 saturated heterocycles. The molecular formula is C15H29N5O3S. The molecule has 9 heteroatoms. The Bertz CT molecular complexity index is 563. The Morgan fingerprint density at radius 3 is 2.75 bits per heavy atom. The lowest BCUT2D eigenvalue weighted by Crippen LogP contribution is -2.47. The highest BCUT2D eigenvalue weighted by Crippen LogP contribution is 2.19. The van der Waals surface area contributed by atoms with Crippen LogP contribution in [0.4, 0.5) is 0 Å². The lowest BCUT2D eigenvalue weighted by atomic mass is 9.95. The Kier molecular flexibility index (Phi) is 6.85. The fourth-order valence-corrected chi connectivity index (χ4v) is 4.86. The van der Waals surface area contributed by atoms with Crippen LogP contribution in [0.25, 0.3) is 0 Å². The number of carbonyl (C=O) groups is 1. The van der Waals surface area contributed by atoms with E-state index >= 15 is 0 Å². The van der Waals surface area contributed by atoms with Crippen molar-refractivity contribution in [2.24, 2.45) is 16.6 Å². The second kappa shape index (κ2) is 8.66. The summed E-state index contributed by atoms with van der Waals surface area (Å²) in [7, 11) is -3.07. The van der Waals surface area contributed by atoms with Gasteiger partial charge in [-0.3, -0.25) is 9.79 Å². The molecule has 1 atom stereocenters. The van der Waals surface area contributed by atoms with E-state index in [0.717, 1.165) is 38.4 Å². The number of sulfonamides is 1. The number of rotatable bonds is 6. The molecule has 3 N–H and O–H groups in total. The van der Waals surface area contributed by atoms with Gasteiger partial charge in [0, 0.05) is 39.1 Å². The summed E-state index contributed by atoms with van der Waals surface area (Å²) >= 11 is 0. The summed E-state index contributed by atoms with van der Waals surface area (Å²) in [5, 5.41) is 3.26. The maximum Gasteiger partial charge on any atom is 0.217 e. The number of hydrogen-bond donors (Lipinski definition) is 2. The van der Waals surface area contributed by atoms with Crippen LogP contribution in [0.2, 0.25) is 0 Å². The molecule has 0 aromatic heterocycles. The fourth-order valence-electron chi connectivity index (χ4n) is 3.34. The molecule has 0 spiro atoms. The van der Waals surface area contributed by atoms with Gasteiger partial charge in [-0.05, 0) is 32.1 Å². The minimum absolute atomic E-state index is 0.248. The van der Waals surface area contributed by atoms with Gasteiger partial charge < -0.3 is 16.0 Å². The minimum atomic E-state index is -3.07. The predicted molar refractivity (Wildman–Crippen MR) is 94.1 cm³/mol. The average Bonchev–Trinajstić information content (AvgIpc) is 2.85. The van der Waals surface area contributed by atoms with Crippen molar-refractivity contribution in [2.75, 3.05) is 45.0 Å². The fraction of sp³-hybridized carbons (Fsp3) is 0.867. The van der Waals surface area contributed by atoms with Crippen LogP contribution in [0, 0.1) is 5.92 Å². The van der Waals surface area contributed by atoms with E-state index in [1.54, 1.807) is 0 Å². The van der Waals surface area contributed by atoms with E-state index in [0.29, 0.717) is 32.5 Å². The third-order valence-electron chi connectivity index (χ3n) is 4.46. The van der Waals surface area contributed by atoms with Crippen LogP contribution in [0.1, 0.15) is 32.6 Å². The molecule has 1 amide bonds. The standard InChI is InChI=1S/C15H29N5O3S/c1-2-17-15(18-6-9-20-8-4-10-24(20,22)23)19-7-3-5-13(12-19)11-14(16)21/h13H,2-12H2,1H3,(H2,16,21)(H,17,18). The average molecular weight is 359 g/mol. The number of carbonyl (C=O) groups excluding carboxylic acids is 1. The van der Waals surface area contributed by atoms with E-state index in [1.807, 2.05) is 6.92 Å². The van der Waals surface area contributed by atoms with E-state index in [4.69, 9.17) is 5.73 Å². The second-order valence-electron chi connectivity index (χ2n) is 6.43. The van der Waals surface area contributed by atoms with Gasteiger partial charge in [0.05, 0.1) is 12.3 Å². The van der Waals surface area contributed by atoms with Crippen molar-refractivity contribution in [3.05, 3.63) is 0 Å². The monoisotopic (exact) mass is 359 g/mol. The first-order valence-corrected chi connectivity index (χ1v) is 10.3. The summed E-state index contributed by atoms with van der Waals surface area (Å²) < 4.78 is 25.2. The highest BCUT2D eigenvalue weighted by atomic mass is 32.2. The van der Waals surface area contributed by atoms with Crippen molar-refractivity contribution in [3.63, 3.8) is 0 Å². The number of aliphatic imine (C=N–C) groups is 1. The Morgan fingerprint density at radius 1 is 1.33 bits per heavy atom. The van der Waals surface area contributed by atoms with Gasteiger partial charge in [-0.1, -0.05) is 0 Å². The number of amides is 1. The molecule has 0 radical (unpaired) electrons. The molecular weight excluding hydrogens is 330 g/mol. The van der Waals surface area contributed by atoms with Gasteiger partial charge in [-0.2, -0.15) is 0 Å². The zero-order valence-electron chi connectivity index (χ0n) is 14.4. The molecule has 24 heavy (non-hydrogen) atoms. The number of primary amides is 1. The first-order chi connectivity index (χ1) is 11.4.